The zero-order valence-electron chi connectivity index (χ0n) is 8.94. The number of nitrogen functional groups attached to an aromatic ring is 1. The fraction of sp³-hybridized carbons (Fsp3) is 0.500. The zero-order chi connectivity index (χ0) is 11.4. The summed E-state index contributed by atoms with van der Waals surface area (Å²) in [6.45, 7) is 1.40. The van der Waals surface area contributed by atoms with E-state index in [0.29, 0.717) is 37.8 Å². The zero-order valence-corrected chi connectivity index (χ0v) is 8.94. The third-order valence-corrected chi connectivity index (χ3v) is 2.58. The van der Waals surface area contributed by atoms with Gasteiger partial charge in [-0.15, -0.1) is 0 Å². The fourth-order valence-electron chi connectivity index (χ4n) is 1.60. The Bertz CT molecular complexity index is 352. The van der Waals surface area contributed by atoms with Crippen molar-refractivity contribution in [2.45, 2.75) is 12.0 Å². The molecule has 88 valence electrons. The van der Waals surface area contributed by atoms with Crippen molar-refractivity contribution in [3.63, 3.8) is 0 Å². The van der Waals surface area contributed by atoms with Crippen LogP contribution in [0.5, 0.6) is 0 Å². The maximum atomic E-state index is 10.0. The Morgan fingerprint density at radius 3 is 3.00 bits per heavy atom. The van der Waals surface area contributed by atoms with Crippen LogP contribution in [-0.2, 0) is 4.74 Å². The maximum absolute atomic E-state index is 10.0. The van der Waals surface area contributed by atoms with E-state index < -0.39 is 5.60 Å². The first-order chi connectivity index (χ1) is 7.72. The normalized spacial score (nSPS) is 24.4. The van der Waals surface area contributed by atoms with Crippen LogP contribution in [0.4, 0.5) is 11.6 Å². The van der Waals surface area contributed by atoms with E-state index in [4.69, 9.17) is 10.6 Å². The molecule has 1 aliphatic rings. The Kier molecular flexibility index (Phi) is 3.23. The van der Waals surface area contributed by atoms with Gasteiger partial charge in [-0.2, -0.15) is 0 Å². The summed E-state index contributed by atoms with van der Waals surface area (Å²) in [6, 6.07) is 5.41. The number of anilines is 2. The van der Waals surface area contributed by atoms with Gasteiger partial charge < -0.3 is 20.6 Å². The highest BCUT2D eigenvalue weighted by Crippen LogP contribution is 2.19. The van der Waals surface area contributed by atoms with Crippen LogP contribution in [0.2, 0.25) is 0 Å². The lowest BCUT2D eigenvalue weighted by Gasteiger charge is -2.21. The molecule has 0 aliphatic carbocycles. The second-order valence-corrected chi connectivity index (χ2v) is 3.93. The molecule has 1 aromatic heterocycles. The summed E-state index contributed by atoms with van der Waals surface area (Å²) < 4.78 is 5.15. The molecule has 0 spiro atoms. The first kappa shape index (κ1) is 11.1. The van der Waals surface area contributed by atoms with E-state index in [1.165, 1.54) is 0 Å². The quantitative estimate of drug-likeness (QED) is 0.422. The average molecular weight is 224 g/mol. The molecular formula is C10H16N4O2. The van der Waals surface area contributed by atoms with E-state index in [9.17, 15) is 5.11 Å². The van der Waals surface area contributed by atoms with Crippen molar-refractivity contribution in [1.29, 1.82) is 0 Å². The van der Waals surface area contributed by atoms with E-state index in [0.717, 1.165) is 0 Å². The monoisotopic (exact) mass is 224 g/mol. The minimum absolute atomic E-state index is 0.370. The Labute approximate surface area is 93.8 Å². The number of hydrazine groups is 1. The van der Waals surface area contributed by atoms with Gasteiger partial charge in [0.2, 0.25) is 0 Å². The van der Waals surface area contributed by atoms with Crippen molar-refractivity contribution in [1.82, 2.24) is 4.98 Å². The molecule has 1 aliphatic heterocycles. The SMILES string of the molecule is NNc1cccc(NCC2(O)CCOC2)n1. The Hall–Kier alpha value is -1.37. The minimum atomic E-state index is -0.784. The summed E-state index contributed by atoms with van der Waals surface area (Å²) in [5.74, 6) is 6.51. The number of nitrogens with one attached hydrogen (secondary N) is 2. The topological polar surface area (TPSA) is 92.4 Å². The molecule has 0 radical (unpaired) electrons. The number of rotatable bonds is 4. The third-order valence-electron chi connectivity index (χ3n) is 2.58. The van der Waals surface area contributed by atoms with Crippen molar-refractivity contribution in [2.24, 2.45) is 5.84 Å². The first-order valence-electron chi connectivity index (χ1n) is 5.20. The van der Waals surface area contributed by atoms with Crippen molar-refractivity contribution >= 4 is 11.6 Å². The molecule has 0 bridgehead atoms. The number of nitrogens with two attached hydrogens (primary N) is 1. The van der Waals surface area contributed by atoms with Crippen LogP contribution in [0.15, 0.2) is 18.2 Å². The predicted octanol–water partition coefficient (Wildman–Crippen LogP) is -0.0695. The molecule has 0 amide bonds. The minimum Gasteiger partial charge on any atom is -0.386 e. The lowest BCUT2D eigenvalue weighted by atomic mass is 10.0. The highest BCUT2D eigenvalue weighted by molar-refractivity contribution is 5.44. The van der Waals surface area contributed by atoms with Gasteiger partial charge in [0.25, 0.3) is 0 Å². The van der Waals surface area contributed by atoms with Crippen LogP contribution < -0.4 is 16.6 Å². The van der Waals surface area contributed by atoms with Gasteiger partial charge in [0.1, 0.15) is 17.2 Å². The number of pyridine rings is 1. The molecule has 1 aromatic rings. The molecule has 2 rings (SSSR count). The van der Waals surface area contributed by atoms with Gasteiger partial charge in [0.05, 0.1) is 6.61 Å². The van der Waals surface area contributed by atoms with Crippen LogP contribution in [0, 0.1) is 0 Å². The molecule has 6 heteroatoms. The summed E-state index contributed by atoms with van der Waals surface area (Å²) in [5.41, 5.74) is 1.68. The van der Waals surface area contributed by atoms with E-state index in [1.54, 1.807) is 6.07 Å². The molecule has 0 aromatic carbocycles. The Morgan fingerprint density at radius 1 is 1.50 bits per heavy atom. The van der Waals surface area contributed by atoms with Crippen molar-refractivity contribution in [3.05, 3.63) is 18.2 Å². The summed E-state index contributed by atoms with van der Waals surface area (Å²) >= 11 is 0. The van der Waals surface area contributed by atoms with Gasteiger partial charge in [-0.05, 0) is 12.1 Å². The van der Waals surface area contributed by atoms with E-state index >= 15 is 0 Å². The van der Waals surface area contributed by atoms with E-state index in [1.807, 2.05) is 12.1 Å². The number of nitrogens with zero attached hydrogens (tertiary/aromatic N) is 1. The fourth-order valence-corrected chi connectivity index (χ4v) is 1.60. The summed E-state index contributed by atoms with van der Waals surface area (Å²) in [6.07, 6.45) is 0.648. The molecule has 1 fully saturated rings. The lowest BCUT2D eigenvalue weighted by molar-refractivity contribution is 0.0381. The van der Waals surface area contributed by atoms with Crippen LogP contribution in [-0.4, -0.2) is 35.5 Å². The van der Waals surface area contributed by atoms with E-state index in [2.05, 4.69) is 15.7 Å². The molecular weight excluding hydrogens is 208 g/mol. The van der Waals surface area contributed by atoms with Gasteiger partial charge >= 0.3 is 0 Å². The molecule has 6 nitrogen and oxygen atoms in total. The predicted molar refractivity (Wildman–Crippen MR) is 60.9 cm³/mol. The molecule has 5 N–H and O–H groups in total. The largest absolute Gasteiger partial charge is 0.386 e. The van der Waals surface area contributed by atoms with Crippen LogP contribution >= 0.6 is 0 Å². The number of hydrogen-bond donors (Lipinski definition) is 4. The summed E-state index contributed by atoms with van der Waals surface area (Å²) in [5, 5.41) is 13.1. The smallest absolute Gasteiger partial charge is 0.142 e. The van der Waals surface area contributed by atoms with Crippen LogP contribution in [0.25, 0.3) is 0 Å². The highest BCUT2D eigenvalue weighted by atomic mass is 16.5. The summed E-state index contributed by atoms with van der Waals surface area (Å²) in [7, 11) is 0. The van der Waals surface area contributed by atoms with Crippen LogP contribution in [0.3, 0.4) is 0 Å². The standard InChI is InChI=1S/C10H16N4O2/c11-14-9-3-1-2-8(13-9)12-6-10(15)4-5-16-7-10/h1-3,15H,4-7,11H2,(H2,12,13,14). The van der Waals surface area contributed by atoms with Crippen molar-refractivity contribution in [2.75, 3.05) is 30.5 Å². The average Bonchev–Trinajstić information content (AvgIpc) is 2.75. The maximum Gasteiger partial charge on any atom is 0.142 e. The van der Waals surface area contributed by atoms with Gasteiger partial charge in [-0.3, -0.25) is 0 Å². The molecule has 1 saturated heterocycles. The lowest BCUT2D eigenvalue weighted by Crippen LogP contribution is -2.37. The molecule has 1 unspecified atom stereocenters. The van der Waals surface area contributed by atoms with Crippen molar-refractivity contribution < 1.29 is 9.84 Å². The van der Waals surface area contributed by atoms with Crippen molar-refractivity contribution in [3.8, 4) is 0 Å². The number of aliphatic hydroxyl groups is 1. The van der Waals surface area contributed by atoms with Crippen LogP contribution in [0.1, 0.15) is 6.42 Å². The Balaban J connectivity index is 1.93. The number of hydrogen-bond acceptors (Lipinski definition) is 6. The molecule has 1 atom stereocenters. The summed E-state index contributed by atoms with van der Waals surface area (Å²) in [4.78, 5) is 4.18. The Morgan fingerprint density at radius 2 is 2.31 bits per heavy atom. The molecule has 16 heavy (non-hydrogen) atoms. The molecule has 0 saturated carbocycles. The highest BCUT2D eigenvalue weighted by Gasteiger charge is 2.31. The third kappa shape index (κ3) is 2.60. The first-order valence-corrected chi connectivity index (χ1v) is 5.20. The number of aromatic nitrogens is 1. The van der Waals surface area contributed by atoms with Gasteiger partial charge in [0, 0.05) is 19.6 Å². The molecule has 2 heterocycles. The second kappa shape index (κ2) is 4.65. The second-order valence-electron chi connectivity index (χ2n) is 3.93. The van der Waals surface area contributed by atoms with Gasteiger partial charge in [0.15, 0.2) is 0 Å². The van der Waals surface area contributed by atoms with Gasteiger partial charge in [-0.25, -0.2) is 10.8 Å². The van der Waals surface area contributed by atoms with Gasteiger partial charge in [-0.1, -0.05) is 6.07 Å². The van der Waals surface area contributed by atoms with E-state index in [-0.39, 0.29) is 0 Å². The number of ether oxygens (including phenoxy) is 1.